The van der Waals surface area contributed by atoms with E-state index >= 15 is 0 Å². The molecule has 0 aliphatic carbocycles. The van der Waals surface area contributed by atoms with Crippen LogP contribution in [-0.4, -0.2) is 172 Å². The highest BCUT2D eigenvalue weighted by molar-refractivity contribution is 6.46. The van der Waals surface area contributed by atoms with Gasteiger partial charge in [-0.2, -0.15) is 39.5 Å². The third-order valence-corrected chi connectivity index (χ3v) is 14.3. The van der Waals surface area contributed by atoms with E-state index in [2.05, 4.69) is 25.3 Å². The minimum Gasteiger partial charge on any atom is -0.493 e. The normalized spacial score (nSPS) is 14.6. The van der Waals surface area contributed by atoms with E-state index in [0.717, 1.165) is 209 Å². The maximum absolute atomic E-state index is 12.6. The maximum atomic E-state index is 12.6. The molecule has 7 N–H and O–H groups in total. The van der Waals surface area contributed by atoms with E-state index in [1.165, 1.54) is 0 Å². The number of carboxylic acids is 1. The van der Waals surface area contributed by atoms with E-state index in [9.17, 15) is 63.8 Å². The van der Waals surface area contributed by atoms with Crippen molar-refractivity contribution < 1.29 is 102 Å². The Morgan fingerprint density at radius 3 is 1.12 bits per heavy atom. The number of morpholine rings is 3. The Morgan fingerprint density at radius 2 is 0.778 bits per heavy atom. The summed E-state index contributed by atoms with van der Waals surface area (Å²) in [5.41, 5.74) is 4.44. The van der Waals surface area contributed by atoms with Crippen LogP contribution < -0.4 is 30.6 Å². The lowest BCUT2D eigenvalue weighted by Crippen LogP contribution is -2.37. The molecule has 0 spiro atoms. The van der Waals surface area contributed by atoms with Crippen LogP contribution in [0.15, 0.2) is 146 Å². The summed E-state index contributed by atoms with van der Waals surface area (Å²) in [6.45, 7) is 15.1. The number of hydrogen-bond donors (Lipinski definition) is 6. The van der Waals surface area contributed by atoms with Gasteiger partial charge in [-0.1, -0.05) is 91.7 Å². The van der Waals surface area contributed by atoms with Gasteiger partial charge in [-0.15, -0.1) is 0 Å². The van der Waals surface area contributed by atoms with Crippen LogP contribution in [0.5, 0.6) is 17.2 Å². The number of Topliss-reactive ketones (excluding diaryl/α,β-unsaturated/α-hetero) is 1. The predicted molar refractivity (Wildman–Crippen MR) is 363 cm³/mol. The average Bonchev–Trinajstić information content (AvgIpc) is 0.858. The topological polar surface area (TPSA) is 244 Å². The van der Waals surface area contributed by atoms with Crippen LogP contribution in [0.1, 0.15) is 107 Å². The van der Waals surface area contributed by atoms with E-state index in [0.29, 0.717) is 36.1 Å². The molecule has 9 rings (SSSR count). The van der Waals surface area contributed by atoms with Gasteiger partial charge in [-0.25, -0.2) is 4.79 Å². The second kappa shape index (κ2) is 44.6. The van der Waals surface area contributed by atoms with Crippen LogP contribution in [0.25, 0.3) is 0 Å². The lowest BCUT2D eigenvalue weighted by Gasteiger charge is -2.26. The summed E-state index contributed by atoms with van der Waals surface area (Å²) in [6.07, 6.45) is -14.1. The van der Waals surface area contributed by atoms with E-state index in [1.54, 1.807) is 48.5 Å². The first kappa shape index (κ1) is 88.7. The van der Waals surface area contributed by atoms with Gasteiger partial charge in [0.15, 0.2) is 12.2 Å². The lowest BCUT2D eigenvalue weighted by atomic mass is 10.1. The van der Waals surface area contributed by atoms with E-state index < -0.39 is 71.0 Å². The van der Waals surface area contributed by atoms with Crippen LogP contribution >= 0.6 is 0 Å². The number of aliphatic hydroxyl groups excluding tert-OH is 2. The molecule has 550 valence electrons. The van der Waals surface area contributed by atoms with Gasteiger partial charge >= 0.3 is 24.5 Å². The summed E-state index contributed by atoms with van der Waals surface area (Å²) in [4.78, 5) is 54.1. The van der Waals surface area contributed by atoms with Crippen molar-refractivity contribution >= 4 is 40.6 Å². The number of hydrogen-bond acceptors (Lipinski definition) is 16. The zero-order valence-electron chi connectivity index (χ0n) is 51.1. The second-order valence-electron chi connectivity index (χ2n) is 21.3. The van der Waals surface area contributed by atoms with Crippen molar-refractivity contribution in [2.75, 3.05) is 135 Å². The van der Waals surface area contributed by atoms with Gasteiger partial charge in [0.2, 0.25) is 0 Å². The largest absolute Gasteiger partial charge is 0.493 e. The van der Waals surface area contributed by atoms with E-state index in [1.807, 2.05) is 24.3 Å². The van der Waals surface area contributed by atoms with Crippen LogP contribution in [0, 0.1) is 0 Å². The molecule has 3 fully saturated rings. The van der Waals surface area contributed by atoms with Crippen LogP contribution in [0.3, 0.4) is 0 Å². The number of rotatable bonds is 23. The summed E-state index contributed by atoms with van der Waals surface area (Å²) in [5.74, 6) is -2.15. The molecule has 6 aromatic carbocycles. The first-order valence-electron chi connectivity index (χ1n) is 29.9. The number of halogens is 9. The van der Waals surface area contributed by atoms with Gasteiger partial charge in [0, 0.05) is 99.7 Å². The van der Waals surface area contributed by atoms with Crippen molar-refractivity contribution in [3.05, 3.63) is 179 Å². The number of nitrogens with one attached hydrogen (secondary N) is 2. The molecule has 28 heteroatoms. The van der Waals surface area contributed by atoms with Crippen LogP contribution in [0.4, 0.5) is 56.6 Å². The van der Waals surface area contributed by atoms with Crippen molar-refractivity contribution in [3.63, 3.8) is 0 Å². The predicted octanol–water partition coefficient (Wildman–Crippen LogP) is 13.5. The fourth-order valence-electron chi connectivity index (χ4n) is 9.18. The number of alkyl halides is 9. The molecule has 3 aliphatic rings. The quantitative estimate of drug-likeness (QED) is 0.0115. The Morgan fingerprint density at radius 1 is 0.455 bits per heavy atom. The van der Waals surface area contributed by atoms with Crippen molar-refractivity contribution in [3.8, 4) is 17.2 Å². The van der Waals surface area contributed by atoms with E-state index in [4.69, 9.17) is 44.4 Å². The molecule has 0 saturated carbocycles. The molecular formula is C71H95F9N6O13. The van der Waals surface area contributed by atoms with Crippen molar-refractivity contribution in [2.24, 2.45) is 0 Å². The highest BCUT2D eigenvalue weighted by Crippen LogP contribution is 2.33. The van der Waals surface area contributed by atoms with Gasteiger partial charge in [-0.3, -0.25) is 29.1 Å². The van der Waals surface area contributed by atoms with Crippen molar-refractivity contribution in [1.29, 1.82) is 0 Å². The maximum Gasteiger partial charge on any atom is 0.416 e. The molecule has 0 aromatic heterocycles. The molecule has 0 bridgehead atoms. The number of ketones is 1. The lowest BCUT2D eigenvalue weighted by molar-refractivity contribution is -0.147. The van der Waals surface area contributed by atoms with E-state index in [-0.39, 0.29) is 53.8 Å². The van der Waals surface area contributed by atoms with Crippen molar-refractivity contribution in [1.82, 2.24) is 14.7 Å². The summed E-state index contributed by atoms with van der Waals surface area (Å²) in [7, 11) is 0. The number of nitrogen functional groups attached to an aromatic ring is 1. The number of nitrogens with two attached hydrogens (primary N) is 1. The molecule has 19 nitrogen and oxygen atoms in total. The van der Waals surface area contributed by atoms with Gasteiger partial charge in [0.05, 0.1) is 76.2 Å². The summed E-state index contributed by atoms with van der Waals surface area (Å²) in [6, 6.07) is 31.5. The summed E-state index contributed by atoms with van der Waals surface area (Å²) >= 11 is 0. The fraction of sp³-hybridized carbons (Fsp3) is 0.437. The zero-order valence-corrected chi connectivity index (χ0v) is 51.1. The standard InChI is InChI=1S/C22H25F3N2O4.C22H23F3N2O4.C13H20N2O2.C9H7F3O3.5CH4/c2*23-22(24,25)17-7-5-16(6-8-17)20(28)21(29)26-18-3-1-4-19(15-18)31-12-2-9-27-10-13-30-14-11-27;14-12-3-1-4-13(11-12)17-8-2-5-15-6-9-16-10-7-15;10-9(11,12)6-3-1-5(2-4-6)7(13)8(14)15;;;;;/h1,3-8,15,20,28H,2,9-14H2,(H,26,29);1,3-8,15H,2,9-14H2,(H,26,29);1,3-4,11H,2,5-10,14H2;1-4,7,13H,(H,14,15);5*1H4. The van der Waals surface area contributed by atoms with Gasteiger partial charge < -0.3 is 60.1 Å². The number of nitrogens with zero attached hydrogens (tertiary/aromatic N) is 3. The number of aliphatic carboxylic acids is 1. The molecule has 6 aromatic rings. The molecule has 2 amide bonds. The zero-order chi connectivity index (χ0) is 68.1. The molecule has 3 heterocycles. The number of benzene rings is 6. The third kappa shape index (κ3) is 32.0. The van der Waals surface area contributed by atoms with Crippen LogP contribution in [0.2, 0.25) is 0 Å². The summed E-state index contributed by atoms with van der Waals surface area (Å²) < 4.78 is 145. The Hall–Kier alpha value is -8.35. The smallest absolute Gasteiger partial charge is 0.416 e. The molecular weight excluding hydrogens is 1320 g/mol. The number of carbonyl (C=O) groups is 4. The molecule has 2 unspecified atom stereocenters. The minimum atomic E-state index is -4.51. The fourth-order valence-corrected chi connectivity index (χ4v) is 9.18. The van der Waals surface area contributed by atoms with Gasteiger partial charge in [0.25, 0.3) is 17.6 Å². The molecule has 99 heavy (non-hydrogen) atoms. The molecule has 2 atom stereocenters. The number of anilines is 3. The highest BCUT2D eigenvalue weighted by Gasteiger charge is 2.33. The first-order valence-corrected chi connectivity index (χ1v) is 29.9. The number of ether oxygens (including phenoxy) is 6. The Bertz CT molecular complexity index is 3280. The van der Waals surface area contributed by atoms with Gasteiger partial charge in [0.1, 0.15) is 17.2 Å². The monoisotopic (exact) mass is 1410 g/mol. The number of aliphatic hydroxyl groups is 2. The molecule has 0 radical (unpaired) electrons. The van der Waals surface area contributed by atoms with Crippen molar-refractivity contribution in [2.45, 2.75) is 87.1 Å². The molecule has 3 saturated heterocycles. The molecule has 3 aliphatic heterocycles. The summed E-state index contributed by atoms with van der Waals surface area (Å²) in [5, 5.41) is 32.6. The first-order chi connectivity index (χ1) is 44.8. The number of amides is 2. The SMILES string of the molecule is C.C.C.C.C.Nc1cccc(OCCCN2CCOCC2)c1.O=C(Nc1cccc(OCCCN2CCOCC2)c1)C(=O)c1ccc(C(F)(F)F)cc1.O=C(Nc1cccc(OCCCN2CCOCC2)c1)C(O)c1ccc(C(F)(F)F)cc1.O=C(O)C(O)c1ccc(C(F)(F)F)cc1. The second-order valence-corrected chi connectivity index (χ2v) is 21.3. The number of carboxylic acid groups (broad SMARTS) is 1. The third-order valence-electron chi connectivity index (χ3n) is 14.3. The van der Waals surface area contributed by atoms with Gasteiger partial charge in [-0.05, 0) is 103 Å². The minimum absolute atomic E-state index is 0. The van der Waals surface area contributed by atoms with Crippen LogP contribution in [-0.2, 0) is 47.1 Å². The Kier molecular flexibility index (Phi) is 40.0. The Balaban J connectivity index is 0.000000677. The average molecular weight is 1410 g/mol. The highest BCUT2D eigenvalue weighted by atomic mass is 19.4. The number of carbonyl (C=O) groups excluding carboxylic acids is 3. The Labute approximate surface area is 573 Å².